The Morgan fingerprint density at radius 1 is 0.818 bits per heavy atom. The molecule has 2 unspecified atom stereocenters. The number of carboxylic acids is 3. The van der Waals surface area contributed by atoms with E-state index < -0.39 is 59.7 Å². The van der Waals surface area contributed by atoms with E-state index in [9.17, 15) is 29.1 Å². The summed E-state index contributed by atoms with van der Waals surface area (Å²) < 4.78 is 0. The third-order valence-electron chi connectivity index (χ3n) is 6.28. The van der Waals surface area contributed by atoms with Crippen LogP contribution in [0.4, 0.5) is 0 Å². The standard InChI is InChI=1S/C31H49N3O9S/c1-3-4-5-6-7-8-9-10-11-12-13-14-17-26(25(35)16-15-18-28(37)38)44-22-24(30(41)33-21-29(39)40)34-27(36)20-19-23(32-2)31(42)43/h7-8,10-14,17,23-26,32,35H,3-6,9,15-16,18-22H2,1-2H3,(H,33,41)(H,34,36)(H,37,38)(H,39,40)(H,42,43)/b8-7+,11-10+,13-12+,17-14+/t23-,24-,25?,26?/m0/s1. The maximum atomic E-state index is 12.7. The number of amides is 2. The monoisotopic (exact) mass is 639 g/mol. The van der Waals surface area contributed by atoms with Crippen molar-refractivity contribution in [2.24, 2.45) is 0 Å². The van der Waals surface area contributed by atoms with Crippen LogP contribution in [0.25, 0.3) is 0 Å². The summed E-state index contributed by atoms with van der Waals surface area (Å²) in [4.78, 5) is 58.3. The highest BCUT2D eigenvalue weighted by molar-refractivity contribution is 8.00. The molecule has 0 radical (unpaired) electrons. The van der Waals surface area contributed by atoms with Crippen LogP contribution >= 0.6 is 11.8 Å². The van der Waals surface area contributed by atoms with Gasteiger partial charge in [0.2, 0.25) is 11.8 Å². The number of aliphatic hydroxyl groups is 1. The van der Waals surface area contributed by atoms with Gasteiger partial charge >= 0.3 is 17.9 Å². The van der Waals surface area contributed by atoms with Gasteiger partial charge in [-0.1, -0.05) is 68.4 Å². The zero-order valence-electron chi connectivity index (χ0n) is 25.7. The summed E-state index contributed by atoms with van der Waals surface area (Å²) >= 11 is 1.14. The van der Waals surface area contributed by atoms with Crippen LogP contribution in [0.15, 0.2) is 48.6 Å². The number of allylic oxidation sites excluding steroid dienone is 7. The normalized spacial score (nSPS) is 14.6. The van der Waals surface area contributed by atoms with Gasteiger partial charge in [-0.25, -0.2) is 0 Å². The molecular formula is C31H49N3O9S. The van der Waals surface area contributed by atoms with Gasteiger partial charge in [-0.05, 0) is 45.6 Å². The molecule has 2 amide bonds. The lowest BCUT2D eigenvalue weighted by molar-refractivity contribution is -0.140. The van der Waals surface area contributed by atoms with Gasteiger partial charge in [0.25, 0.3) is 0 Å². The molecule has 0 aromatic rings. The second-order valence-corrected chi connectivity index (χ2v) is 11.2. The van der Waals surface area contributed by atoms with Crippen molar-refractivity contribution in [1.82, 2.24) is 16.0 Å². The van der Waals surface area contributed by atoms with Crippen molar-refractivity contribution in [1.29, 1.82) is 0 Å². The molecule has 0 spiro atoms. The predicted octanol–water partition coefficient (Wildman–Crippen LogP) is 3.04. The summed E-state index contributed by atoms with van der Waals surface area (Å²) in [6.07, 6.45) is 19.8. The SMILES string of the molecule is CCCCC/C=C/C/C=C/C=C/C=C/C(SC[C@H](NC(=O)CC[C@H](NC)C(=O)O)C(=O)NCC(=O)O)C(O)CCCC(=O)O. The third kappa shape index (κ3) is 22.2. The predicted molar refractivity (Wildman–Crippen MR) is 171 cm³/mol. The van der Waals surface area contributed by atoms with Crippen molar-refractivity contribution in [3.8, 4) is 0 Å². The highest BCUT2D eigenvalue weighted by atomic mass is 32.2. The lowest BCUT2D eigenvalue weighted by Crippen LogP contribution is -2.50. The Hall–Kier alpha value is -3.42. The van der Waals surface area contributed by atoms with E-state index in [0.29, 0.717) is 0 Å². The molecule has 0 aliphatic heterocycles. The minimum absolute atomic E-state index is 0.0298. The number of likely N-dealkylation sites (N-methyl/N-ethyl adjacent to an activating group) is 1. The largest absolute Gasteiger partial charge is 0.481 e. The molecule has 248 valence electrons. The maximum Gasteiger partial charge on any atom is 0.322 e. The summed E-state index contributed by atoms with van der Waals surface area (Å²) in [5.74, 6) is -4.76. The highest BCUT2D eigenvalue weighted by Crippen LogP contribution is 2.22. The van der Waals surface area contributed by atoms with Gasteiger partial charge in [0.15, 0.2) is 0 Å². The van der Waals surface area contributed by atoms with E-state index in [2.05, 4.69) is 35.0 Å². The van der Waals surface area contributed by atoms with E-state index in [1.54, 1.807) is 18.2 Å². The zero-order valence-corrected chi connectivity index (χ0v) is 26.5. The summed E-state index contributed by atoms with van der Waals surface area (Å²) in [5.41, 5.74) is 0. The lowest BCUT2D eigenvalue weighted by Gasteiger charge is -2.23. The van der Waals surface area contributed by atoms with E-state index in [1.807, 2.05) is 18.2 Å². The number of hydrogen-bond acceptors (Lipinski definition) is 8. The van der Waals surface area contributed by atoms with Gasteiger partial charge in [0.05, 0.1) is 6.10 Å². The number of nitrogens with one attached hydrogen (secondary N) is 3. The summed E-state index contributed by atoms with van der Waals surface area (Å²) in [5, 5.41) is 44.6. The third-order valence-corrected chi connectivity index (χ3v) is 7.66. The first-order valence-corrected chi connectivity index (χ1v) is 15.9. The van der Waals surface area contributed by atoms with Crippen molar-refractivity contribution in [2.75, 3.05) is 19.3 Å². The molecule has 44 heavy (non-hydrogen) atoms. The van der Waals surface area contributed by atoms with Gasteiger partial charge in [-0.3, -0.25) is 24.0 Å². The Kier molecular flexibility index (Phi) is 24.0. The Bertz CT molecular complexity index is 998. The smallest absolute Gasteiger partial charge is 0.322 e. The zero-order chi connectivity index (χ0) is 33.2. The fourth-order valence-electron chi connectivity index (χ4n) is 3.79. The average Bonchev–Trinajstić information content (AvgIpc) is 2.97. The molecule has 0 rings (SSSR count). The van der Waals surface area contributed by atoms with Crippen LogP contribution in [0.1, 0.15) is 71.1 Å². The van der Waals surface area contributed by atoms with E-state index in [-0.39, 0.29) is 37.9 Å². The van der Waals surface area contributed by atoms with Crippen LogP contribution in [-0.2, 0) is 24.0 Å². The van der Waals surface area contributed by atoms with Crippen LogP contribution in [0.3, 0.4) is 0 Å². The van der Waals surface area contributed by atoms with Crippen molar-refractivity contribution in [2.45, 2.75) is 94.6 Å². The highest BCUT2D eigenvalue weighted by Gasteiger charge is 2.26. The molecule has 12 nitrogen and oxygen atoms in total. The number of hydrogen-bond donors (Lipinski definition) is 7. The molecule has 4 atom stereocenters. The van der Waals surface area contributed by atoms with Crippen molar-refractivity contribution >= 4 is 41.5 Å². The van der Waals surface area contributed by atoms with E-state index in [0.717, 1.165) is 24.6 Å². The number of rotatable bonds is 26. The minimum Gasteiger partial charge on any atom is -0.481 e. The molecule has 0 aliphatic rings. The van der Waals surface area contributed by atoms with Gasteiger partial charge in [-0.15, -0.1) is 11.8 Å². The van der Waals surface area contributed by atoms with Crippen LogP contribution in [0.5, 0.6) is 0 Å². The summed E-state index contributed by atoms with van der Waals surface area (Å²) in [6.45, 7) is 1.51. The Balaban J connectivity index is 5.43. The second-order valence-electron chi connectivity index (χ2n) is 10.0. The van der Waals surface area contributed by atoms with Crippen LogP contribution in [0, 0.1) is 0 Å². The number of carbonyl (C=O) groups is 5. The second kappa shape index (κ2) is 26.0. The minimum atomic E-state index is -1.27. The fraction of sp³-hybridized carbons (Fsp3) is 0.581. The van der Waals surface area contributed by atoms with Crippen LogP contribution in [0.2, 0.25) is 0 Å². The fourth-order valence-corrected chi connectivity index (χ4v) is 5.00. The Morgan fingerprint density at radius 2 is 1.55 bits per heavy atom. The first-order valence-electron chi connectivity index (χ1n) is 14.9. The van der Waals surface area contributed by atoms with Gasteiger partial charge < -0.3 is 36.4 Å². The number of aliphatic hydroxyl groups excluding tert-OH is 1. The van der Waals surface area contributed by atoms with Gasteiger partial charge in [0, 0.05) is 23.8 Å². The van der Waals surface area contributed by atoms with Crippen molar-refractivity contribution in [3.63, 3.8) is 0 Å². The Morgan fingerprint density at radius 3 is 2.18 bits per heavy atom. The number of aliphatic carboxylic acids is 3. The molecule has 0 saturated heterocycles. The lowest BCUT2D eigenvalue weighted by atomic mass is 10.1. The number of carbonyl (C=O) groups excluding carboxylic acids is 2. The molecular weight excluding hydrogens is 590 g/mol. The molecule has 0 aromatic heterocycles. The van der Waals surface area contributed by atoms with Gasteiger partial charge in [0.1, 0.15) is 18.6 Å². The van der Waals surface area contributed by atoms with Crippen molar-refractivity contribution < 1.29 is 44.4 Å². The first-order chi connectivity index (χ1) is 21.0. The van der Waals surface area contributed by atoms with E-state index >= 15 is 0 Å². The van der Waals surface area contributed by atoms with E-state index in [1.165, 1.54) is 26.3 Å². The maximum absolute atomic E-state index is 12.7. The average molecular weight is 640 g/mol. The molecule has 0 aliphatic carbocycles. The van der Waals surface area contributed by atoms with E-state index in [4.69, 9.17) is 15.3 Å². The molecule has 13 heteroatoms. The van der Waals surface area contributed by atoms with Crippen LogP contribution in [-0.4, -0.2) is 92.9 Å². The molecule has 7 N–H and O–H groups in total. The summed E-state index contributed by atoms with van der Waals surface area (Å²) in [6, 6.07) is -2.12. The number of thioether (sulfide) groups is 1. The quantitative estimate of drug-likeness (QED) is 0.0416. The molecule has 0 fully saturated rings. The molecule has 0 heterocycles. The molecule has 0 aromatic carbocycles. The first kappa shape index (κ1) is 40.6. The van der Waals surface area contributed by atoms with Crippen LogP contribution < -0.4 is 16.0 Å². The van der Waals surface area contributed by atoms with Gasteiger partial charge in [-0.2, -0.15) is 0 Å². The summed E-state index contributed by atoms with van der Waals surface area (Å²) in [7, 11) is 1.45. The molecule has 0 bridgehead atoms. The Labute approximate surface area is 264 Å². The number of carboxylic acid groups (broad SMARTS) is 3. The van der Waals surface area contributed by atoms with Crippen molar-refractivity contribution in [3.05, 3.63) is 48.6 Å². The molecule has 0 saturated carbocycles. The topological polar surface area (TPSA) is 202 Å². The number of unbranched alkanes of at least 4 members (excludes halogenated alkanes) is 3.